The number of allylic oxidation sites excluding steroid dienone is 1. The van der Waals surface area contributed by atoms with Crippen LogP contribution in [0.25, 0.3) is 0 Å². The van der Waals surface area contributed by atoms with Crippen LogP contribution in [-0.2, 0) is 16.0 Å². The highest BCUT2D eigenvalue weighted by Crippen LogP contribution is 2.38. The molecule has 1 aromatic carbocycles. The average molecular weight is 361 g/mol. The van der Waals surface area contributed by atoms with E-state index in [4.69, 9.17) is 21.1 Å². The maximum Gasteiger partial charge on any atom is 0.162 e. The lowest BCUT2D eigenvalue weighted by molar-refractivity contribution is 0.0179. The van der Waals surface area contributed by atoms with E-state index in [9.17, 15) is 0 Å². The predicted octanol–water partition coefficient (Wildman–Crippen LogP) is 3.35. The fourth-order valence-electron chi connectivity index (χ4n) is 3.88. The molecule has 0 saturated carbocycles. The van der Waals surface area contributed by atoms with Gasteiger partial charge in [-0.15, -0.1) is 0 Å². The number of ether oxygens (including phenoxy) is 2. The van der Waals surface area contributed by atoms with Crippen molar-refractivity contribution in [2.24, 2.45) is 0 Å². The molecule has 0 spiro atoms. The molecule has 2 aliphatic heterocycles. The van der Waals surface area contributed by atoms with Gasteiger partial charge in [0.05, 0.1) is 6.04 Å². The summed E-state index contributed by atoms with van der Waals surface area (Å²) in [7, 11) is 0. The number of hydrogen-bond donors (Lipinski definition) is 0. The van der Waals surface area contributed by atoms with Gasteiger partial charge in [0.25, 0.3) is 0 Å². The van der Waals surface area contributed by atoms with Crippen molar-refractivity contribution >= 4 is 11.6 Å². The summed E-state index contributed by atoms with van der Waals surface area (Å²) in [5.41, 5.74) is 2.42. The van der Waals surface area contributed by atoms with E-state index in [-0.39, 0.29) is 6.04 Å². The maximum absolute atomic E-state index is 6.51. The van der Waals surface area contributed by atoms with E-state index >= 15 is 0 Å². The quantitative estimate of drug-likeness (QED) is 0.825. The lowest BCUT2D eigenvalue weighted by Gasteiger charge is -2.42. The summed E-state index contributed by atoms with van der Waals surface area (Å²) in [5.74, 6) is 1.86. The topological polar surface area (TPSA) is 24.9 Å². The smallest absolute Gasteiger partial charge is 0.162 e. The van der Waals surface area contributed by atoms with Crippen molar-refractivity contribution in [3.8, 4) is 0 Å². The summed E-state index contributed by atoms with van der Waals surface area (Å²) >= 11 is 6.51. The van der Waals surface area contributed by atoms with Crippen LogP contribution < -0.4 is 0 Å². The SMILES string of the molecule is CC1=C(Cl)CC(N2CCN(Cc3ccccc3)CC2)C2=C1OCCO2. The largest absolute Gasteiger partial charge is 0.489 e. The fraction of sp³-hybridized carbons (Fsp3) is 0.500. The number of piperazine rings is 1. The molecule has 0 aromatic heterocycles. The third-order valence-electron chi connectivity index (χ3n) is 5.33. The molecule has 134 valence electrons. The molecule has 1 aliphatic carbocycles. The van der Waals surface area contributed by atoms with Crippen molar-refractivity contribution in [2.45, 2.75) is 25.9 Å². The minimum Gasteiger partial charge on any atom is -0.489 e. The minimum absolute atomic E-state index is 0.213. The van der Waals surface area contributed by atoms with Crippen molar-refractivity contribution in [1.29, 1.82) is 0 Å². The number of hydrogen-bond acceptors (Lipinski definition) is 4. The van der Waals surface area contributed by atoms with Crippen LogP contribution in [0.3, 0.4) is 0 Å². The Labute approximate surface area is 154 Å². The van der Waals surface area contributed by atoms with E-state index in [1.807, 2.05) is 6.92 Å². The normalized spacial score (nSPS) is 25.4. The predicted molar refractivity (Wildman–Crippen MR) is 99.2 cm³/mol. The van der Waals surface area contributed by atoms with Crippen LogP contribution in [0.4, 0.5) is 0 Å². The molecule has 4 rings (SSSR count). The first-order valence-electron chi connectivity index (χ1n) is 9.08. The Morgan fingerprint density at radius 2 is 1.76 bits per heavy atom. The van der Waals surface area contributed by atoms with Gasteiger partial charge in [0.15, 0.2) is 11.5 Å². The van der Waals surface area contributed by atoms with Gasteiger partial charge in [-0.1, -0.05) is 41.9 Å². The maximum atomic E-state index is 6.51. The molecule has 1 fully saturated rings. The highest BCUT2D eigenvalue weighted by atomic mass is 35.5. The molecule has 0 bridgehead atoms. The Bertz CT molecular complexity index is 678. The van der Waals surface area contributed by atoms with Crippen LogP contribution in [0.5, 0.6) is 0 Å². The van der Waals surface area contributed by atoms with Gasteiger partial charge in [-0.3, -0.25) is 9.80 Å². The van der Waals surface area contributed by atoms with E-state index in [1.54, 1.807) is 0 Å². The van der Waals surface area contributed by atoms with E-state index in [1.165, 1.54) is 5.56 Å². The van der Waals surface area contributed by atoms with Gasteiger partial charge in [0, 0.05) is 49.7 Å². The Morgan fingerprint density at radius 3 is 2.52 bits per heavy atom. The summed E-state index contributed by atoms with van der Waals surface area (Å²) in [4.78, 5) is 5.02. The van der Waals surface area contributed by atoms with Gasteiger partial charge in [0.2, 0.25) is 0 Å². The second-order valence-electron chi connectivity index (χ2n) is 6.94. The highest BCUT2D eigenvalue weighted by Gasteiger charge is 2.36. The van der Waals surface area contributed by atoms with Gasteiger partial charge < -0.3 is 9.47 Å². The van der Waals surface area contributed by atoms with Gasteiger partial charge in [-0.05, 0) is 12.5 Å². The zero-order chi connectivity index (χ0) is 17.2. The Kier molecular flexibility index (Phi) is 5.02. The molecular weight excluding hydrogens is 336 g/mol. The standard InChI is InChI=1S/C20H25ClN2O2/c1-15-17(21)13-18(20-19(15)24-11-12-25-20)23-9-7-22(8-10-23)14-16-5-3-2-4-6-16/h2-6,18H,7-14H2,1H3. The molecule has 0 amide bonds. The van der Waals surface area contributed by atoms with Crippen molar-refractivity contribution in [1.82, 2.24) is 9.80 Å². The zero-order valence-electron chi connectivity index (χ0n) is 14.7. The van der Waals surface area contributed by atoms with Crippen molar-refractivity contribution in [2.75, 3.05) is 39.4 Å². The number of rotatable bonds is 3. The lowest BCUT2D eigenvalue weighted by Crippen LogP contribution is -2.51. The van der Waals surface area contributed by atoms with Crippen molar-refractivity contribution in [3.63, 3.8) is 0 Å². The molecule has 1 unspecified atom stereocenters. The van der Waals surface area contributed by atoms with Crippen molar-refractivity contribution < 1.29 is 9.47 Å². The molecule has 1 saturated heterocycles. The number of benzene rings is 1. The van der Waals surface area contributed by atoms with Crippen LogP contribution in [0, 0.1) is 0 Å². The Hall–Kier alpha value is -1.49. The molecule has 25 heavy (non-hydrogen) atoms. The first kappa shape index (κ1) is 17.0. The summed E-state index contributed by atoms with van der Waals surface area (Å²) in [6, 6.07) is 10.9. The molecule has 5 heteroatoms. The van der Waals surface area contributed by atoms with Crippen molar-refractivity contribution in [3.05, 3.63) is 58.0 Å². The fourth-order valence-corrected chi connectivity index (χ4v) is 4.11. The van der Waals surface area contributed by atoms with Crippen LogP contribution in [0.1, 0.15) is 18.9 Å². The van der Waals surface area contributed by atoms with Gasteiger partial charge >= 0.3 is 0 Å². The summed E-state index contributed by atoms with van der Waals surface area (Å²) < 4.78 is 11.9. The second-order valence-corrected chi connectivity index (χ2v) is 7.39. The molecular formula is C20H25ClN2O2. The molecule has 1 aromatic rings. The van der Waals surface area contributed by atoms with E-state index < -0.39 is 0 Å². The number of nitrogens with zero attached hydrogens (tertiary/aromatic N) is 2. The monoisotopic (exact) mass is 360 g/mol. The highest BCUT2D eigenvalue weighted by molar-refractivity contribution is 6.30. The lowest BCUT2D eigenvalue weighted by atomic mass is 9.97. The first-order valence-corrected chi connectivity index (χ1v) is 9.46. The third kappa shape index (κ3) is 3.57. The van der Waals surface area contributed by atoms with E-state index in [2.05, 4.69) is 40.1 Å². The number of halogens is 1. The third-order valence-corrected chi connectivity index (χ3v) is 5.77. The molecule has 3 aliphatic rings. The van der Waals surface area contributed by atoms with Gasteiger partial charge in [-0.2, -0.15) is 0 Å². The first-order chi connectivity index (χ1) is 12.2. The molecule has 0 radical (unpaired) electrons. The molecule has 2 heterocycles. The van der Waals surface area contributed by atoms with Crippen LogP contribution in [0.15, 0.2) is 52.5 Å². The summed E-state index contributed by atoms with van der Waals surface area (Å²) in [5, 5.41) is 0.904. The molecule has 1 atom stereocenters. The van der Waals surface area contributed by atoms with Crippen LogP contribution in [0.2, 0.25) is 0 Å². The van der Waals surface area contributed by atoms with E-state index in [0.29, 0.717) is 13.2 Å². The summed E-state index contributed by atoms with van der Waals surface area (Å²) in [6.07, 6.45) is 0.828. The molecule has 4 nitrogen and oxygen atoms in total. The van der Waals surface area contributed by atoms with Crippen LogP contribution in [-0.4, -0.2) is 55.2 Å². The average Bonchev–Trinajstić information content (AvgIpc) is 2.66. The van der Waals surface area contributed by atoms with Gasteiger partial charge in [-0.25, -0.2) is 0 Å². The van der Waals surface area contributed by atoms with Gasteiger partial charge in [0.1, 0.15) is 13.2 Å². The Morgan fingerprint density at radius 1 is 1.04 bits per heavy atom. The summed E-state index contributed by atoms with van der Waals surface area (Å²) in [6.45, 7) is 8.48. The van der Waals surface area contributed by atoms with Crippen LogP contribution >= 0.6 is 11.6 Å². The zero-order valence-corrected chi connectivity index (χ0v) is 15.5. The molecule has 0 N–H and O–H groups in total. The van der Waals surface area contributed by atoms with E-state index in [0.717, 1.165) is 61.3 Å². The minimum atomic E-state index is 0.213. The second kappa shape index (κ2) is 7.40. The Balaban J connectivity index is 1.41.